The third-order valence-corrected chi connectivity index (χ3v) is 4.30. The quantitative estimate of drug-likeness (QED) is 0.673. The summed E-state index contributed by atoms with van der Waals surface area (Å²) >= 11 is 0. The Bertz CT molecular complexity index is 524. The van der Waals surface area contributed by atoms with Crippen LogP contribution in [0.5, 0.6) is 11.5 Å². The number of amides is 1. The number of carbonyl (C=O) groups is 1. The highest BCUT2D eigenvalue weighted by atomic mass is 16.5. The van der Waals surface area contributed by atoms with E-state index in [1.54, 1.807) is 32.4 Å². The molecule has 1 heterocycles. The molecule has 1 aromatic carbocycles. The smallest absolute Gasteiger partial charge is 0.237 e. The number of ether oxygens (including phenoxy) is 3. The van der Waals surface area contributed by atoms with Crippen molar-refractivity contribution < 1.29 is 24.1 Å². The number of methoxy groups -OCH3 is 2. The first-order chi connectivity index (χ1) is 11.5. The summed E-state index contributed by atoms with van der Waals surface area (Å²) in [5, 5.41) is 13.0. The summed E-state index contributed by atoms with van der Waals surface area (Å²) in [5.74, 6) is 1.02. The maximum absolute atomic E-state index is 12.2. The van der Waals surface area contributed by atoms with Crippen molar-refractivity contribution >= 4 is 5.91 Å². The maximum Gasteiger partial charge on any atom is 0.237 e. The van der Waals surface area contributed by atoms with E-state index in [1.807, 2.05) is 0 Å². The van der Waals surface area contributed by atoms with Crippen LogP contribution in [0.3, 0.4) is 0 Å². The predicted molar refractivity (Wildman–Crippen MR) is 89.0 cm³/mol. The average Bonchev–Trinajstić information content (AvgIpc) is 2.65. The van der Waals surface area contributed by atoms with Gasteiger partial charge in [-0.1, -0.05) is 0 Å². The van der Waals surface area contributed by atoms with Gasteiger partial charge >= 0.3 is 0 Å². The molecule has 7 nitrogen and oxygen atoms in total. The normalized spacial score (nSPS) is 17.8. The monoisotopic (exact) mass is 338 g/mol. The van der Waals surface area contributed by atoms with Crippen LogP contribution < -0.4 is 20.5 Å². The van der Waals surface area contributed by atoms with E-state index in [2.05, 4.69) is 5.32 Å². The highest BCUT2D eigenvalue weighted by Crippen LogP contribution is 2.26. The van der Waals surface area contributed by atoms with Gasteiger partial charge in [0.1, 0.15) is 11.5 Å². The number of rotatable bonds is 7. The number of benzene rings is 1. The molecule has 0 spiro atoms. The second-order valence-electron chi connectivity index (χ2n) is 5.88. The molecule has 4 N–H and O–H groups in total. The molecular weight excluding hydrogens is 312 g/mol. The Morgan fingerprint density at radius 1 is 1.29 bits per heavy atom. The van der Waals surface area contributed by atoms with Gasteiger partial charge in [0.05, 0.1) is 26.4 Å². The van der Waals surface area contributed by atoms with Crippen LogP contribution in [0.1, 0.15) is 24.5 Å². The maximum atomic E-state index is 12.2. The molecule has 2 atom stereocenters. The first-order valence-electron chi connectivity index (χ1n) is 8.07. The van der Waals surface area contributed by atoms with Crippen molar-refractivity contribution in [3.05, 3.63) is 23.8 Å². The Morgan fingerprint density at radius 2 is 1.88 bits per heavy atom. The van der Waals surface area contributed by atoms with Crippen LogP contribution in [-0.2, 0) is 9.53 Å². The van der Waals surface area contributed by atoms with Crippen molar-refractivity contribution in [3.63, 3.8) is 0 Å². The first kappa shape index (κ1) is 18.5. The number of hydrogen-bond donors (Lipinski definition) is 3. The number of carbonyl (C=O) groups excluding carboxylic acids is 1. The molecule has 1 aliphatic heterocycles. The lowest BCUT2D eigenvalue weighted by molar-refractivity contribution is -0.124. The molecule has 2 unspecified atom stereocenters. The van der Waals surface area contributed by atoms with Crippen LogP contribution in [-0.4, -0.2) is 51.0 Å². The molecule has 2 rings (SSSR count). The summed E-state index contributed by atoms with van der Waals surface area (Å²) in [6, 6.07) is 4.55. The lowest BCUT2D eigenvalue weighted by Crippen LogP contribution is -2.47. The molecule has 0 aliphatic carbocycles. The summed E-state index contributed by atoms with van der Waals surface area (Å²) in [5.41, 5.74) is 6.62. The van der Waals surface area contributed by atoms with Crippen LogP contribution in [0, 0.1) is 5.92 Å². The first-order valence-corrected chi connectivity index (χ1v) is 8.07. The minimum atomic E-state index is -0.875. The Morgan fingerprint density at radius 3 is 2.42 bits per heavy atom. The molecular formula is C17H26N2O5. The molecule has 24 heavy (non-hydrogen) atoms. The van der Waals surface area contributed by atoms with Gasteiger partial charge < -0.3 is 30.4 Å². The minimum absolute atomic E-state index is 0.0755. The zero-order valence-electron chi connectivity index (χ0n) is 14.2. The molecule has 7 heteroatoms. The van der Waals surface area contributed by atoms with E-state index in [0.29, 0.717) is 30.3 Å². The van der Waals surface area contributed by atoms with Crippen LogP contribution in [0.4, 0.5) is 0 Å². The van der Waals surface area contributed by atoms with Gasteiger partial charge in [-0.3, -0.25) is 4.79 Å². The molecule has 1 saturated heterocycles. The molecule has 0 bridgehead atoms. The van der Waals surface area contributed by atoms with Crippen LogP contribution in [0.25, 0.3) is 0 Å². The summed E-state index contributed by atoms with van der Waals surface area (Å²) in [4.78, 5) is 12.2. The van der Waals surface area contributed by atoms with E-state index in [0.717, 1.165) is 12.8 Å². The predicted octanol–water partition coefficient (Wildman–Crippen LogP) is 0.607. The van der Waals surface area contributed by atoms with Crippen molar-refractivity contribution in [2.24, 2.45) is 11.7 Å². The number of aliphatic hydroxyl groups is 1. The van der Waals surface area contributed by atoms with Gasteiger partial charge in [0.15, 0.2) is 0 Å². The lowest BCUT2D eigenvalue weighted by atomic mass is 9.92. The van der Waals surface area contributed by atoms with Crippen LogP contribution in [0.2, 0.25) is 0 Å². The molecule has 1 aliphatic rings. The topological polar surface area (TPSA) is 103 Å². The summed E-state index contributed by atoms with van der Waals surface area (Å²) in [7, 11) is 3.08. The average molecular weight is 338 g/mol. The van der Waals surface area contributed by atoms with Gasteiger partial charge in [0, 0.05) is 25.8 Å². The Labute approximate surface area is 142 Å². The van der Waals surface area contributed by atoms with Crippen LogP contribution >= 0.6 is 0 Å². The van der Waals surface area contributed by atoms with Crippen molar-refractivity contribution in [1.29, 1.82) is 0 Å². The summed E-state index contributed by atoms with van der Waals surface area (Å²) < 4.78 is 15.6. The highest BCUT2D eigenvalue weighted by molar-refractivity contribution is 5.81. The zero-order chi connectivity index (χ0) is 17.5. The van der Waals surface area contributed by atoms with E-state index in [4.69, 9.17) is 19.9 Å². The molecule has 0 aromatic heterocycles. The van der Waals surface area contributed by atoms with E-state index in [-0.39, 0.29) is 18.4 Å². The fourth-order valence-corrected chi connectivity index (χ4v) is 2.74. The molecule has 1 amide bonds. The standard InChI is InChI=1S/C17H26N2O5/c1-22-13-7-12(8-14(9-13)23-2)15(20)10-19-17(21)16(18)11-3-5-24-6-4-11/h7-9,11,15-16,20H,3-6,10,18H2,1-2H3,(H,19,21). The number of nitrogens with one attached hydrogen (secondary N) is 1. The molecule has 0 radical (unpaired) electrons. The second-order valence-corrected chi connectivity index (χ2v) is 5.88. The Hall–Kier alpha value is -1.83. The van der Waals surface area contributed by atoms with Gasteiger partial charge in [-0.05, 0) is 36.5 Å². The van der Waals surface area contributed by atoms with Gasteiger partial charge in [-0.15, -0.1) is 0 Å². The third kappa shape index (κ3) is 4.83. The second kappa shape index (κ2) is 8.86. The van der Waals surface area contributed by atoms with Crippen molar-refractivity contribution in [3.8, 4) is 11.5 Å². The van der Waals surface area contributed by atoms with E-state index in [9.17, 15) is 9.90 Å². The van der Waals surface area contributed by atoms with Gasteiger partial charge in [0.2, 0.25) is 5.91 Å². The van der Waals surface area contributed by atoms with Crippen molar-refractivity contribution in [1.82, 2.24) is 5.32 Å². The molecule has 134 valence electrons. The minimum Gasteiger partial charge on any atom is -0.497 e. The van der Waals surface area contributed by atoms with Gasteiger partial charge in [0.25, 0.3) is 0 Å². The van der Waals surface area contributed by atoms with Crippen molar-refractivity contribution in [2.75, 3.05) is 34.0 Å². The third-order valence-electron chi connectivity index (χ3n) is 4.30. The van der Waals surface area contributed by atoms with Gasteiger partial charge in [-0.25, -0.2) is 0 Å². The SMILES string of the molecule is COc1cc(OC)cc(C(O)CNC(=O)C(N)C2CCOCC2)c1. The van der Waals surface area contributed by atoms with Crippen LogP contribution in [0.15, 0.2) is 18.2 Å². The van der Waals surface area contributed by atoms with Gasteiger partial charge in [-0.2, -0.15) is 0 Å². The van der Waals surface area contributed by atoms with E-state index < -0.39 is 12.1 Å². The zero-order valence-corrected chi connectivity index (χ0v) is 14.2. The number of nitrogens with two attached hydrogens (primary N) is 1. The molecule has 1 fully saturated rings. The Kier molecular flexibility index (Phi) is 6.84. The number of aliphatic hydroxyl groups excluding tert-OH is 1. The Balaban J connectivity index is 1.92. The number of hydrogen-bond acceptors (Lipinski definition) is 6. The lowest BCUT2D eigenvalue weighted by Gasteiger charge is -2.27. The van der Waals surface area contributed by atoms with E-state index >= 15 is 0 Å². The molecule has 1 aromatic rings. The molecule has 0 saturated carbocycles. The van der Waals surface area contributed by atoms with E-state index in [1.165, 1.54) is 0 Å². The highest BCUT2D eigenvalue weighted by Gasteiger charge is 2.26. The summed E-state index contributed by atoms with van der Waals surface area (Å²) in [6.07, 6.45) is 0.689. The summed E-state index contributed by atoms with van der Waals surface area (Å²) in [6.45, 7) is 1.35. The van der Waals surface area contributed by atoms with Crippen molar-refractivity contribution in [2.45, 2.75) is 25.0 Å². The fourth-order valence-electron chi connectivity index (χ4n) is 2.74. The largest absolute Gasteiger partial charge is 0.497 e. The fraction of sp³-hybridized carbons (Fsp3) is 0.588.